The van der Waals surface area contributed by atoms with E-state index in [9.17, 15) is 4.79 Å². The van der Waals surface area contributed by atoms with E-state index in [1.54, 1.807) is 0 Å². The lowest BCUT2D eigenvalue weighted by atomic mass is 10.2. The number of hydrogen-bond donors (Lipinski definition) is 1. The van der Waals surface area contributed by atoms with Gasteiger partial charge in [-0.1, -0.05) is 0 Å². The number of H-pyrrole nitrogens is 1. The fraction of sp³-hybridized carbons (Fsp3) is 0.636. The molecule has 94 valence electrons. The summed E-state index contributed by atoms with van der Waals surface area (Å²) in [4.78, 5) is 22.8. The molecule has 1 aliphatic heterocycles. The van der Waals surface area contributed by atoms with Crippen molar-refractivity contribution in [1.29, 1.82) is 0 Å². The number of hydrogen-bond acceptors (Lipinski definition) is 4. The average Bonchev–Trinajstić information content (AvgIpc) is 2.69. The maximum Gasteiger partial charge on any atom is 0.267 e. The van der Waals surface area contributed by atoms with Gasteiger partial charge in [-0.15, -0.1) is 0 Å². The first-order chi connectivity index (χ1) is 8.09. The Morgan fingerprint density at radius 2 is 2.41 bits per heavy atom. The number of anilines is 1. The van der Waals surface area contributed by atoms with Gasteiger partial charge < -0.3 is 14.8 Å². The molecule has 1 aromatic heterocycles. The highest BCUT2D eigenvalue weighted by atomic mass is 79.9. The van der Waals surface area contributed by atoms with Gasteiger partial charge >= 0.3 is 0 Å². The van der Waals surface area contributed by atoms with E-state index in [0.717, 1.165) is 31.7 Å². The zero-order valence-corrected chi connectivity index (χ0v) is 11.7. The third-order valence-corrected chi connectivity index (χ3v) is 3.72. The predicted octanol–water partition coefficient (Wildman–Crippen LogP) is 1.06. The van der Waals surface area contributed by atoms with Gasteiger partial charge in [0.2, 0.25) is 0 Å². The van der Waals surface area contributed by atoms with Crippen molar-refractivity contribution in [3.05, 3.63) is 21.2 Å². The molecule has 1 aromatic rings. The van der Waals surface area contributed by atoms with Crippen molar-refractivity contribution in [2.24, 2.45) is 0 Å². The Hall–Kier alpha value is -0.880. The van der Waals surface area contributed by atoms with E-state index in [2.05, 4.69) is 49.8 Å². The molecule has 0 spiro atoms. The lowest BCUT2D eigenvalue weighted by Crippen LogP contribution is -2.38. The number of rotatable bonds is 3. The highest BCUT2D eigenvalue weighted by molar-refractivity contribution is 9.10. The van der Waals surface area contributed by atoms with Crippen LogP contribution in [-0.4, -0.2) is 48.1 Å². The lowest BCUT2D eigenvalue weighted by molar-refractivity contribution is 0.371. The van der Waals surface area contributed by atoms with Crippen LogP contribution < -0.4 is 10.5 Å². The fourth-order valence-corrected chi connectivity index (χ4v) is 2.74. The summed E-state index contributed by atoms with van der Waals surface area (Å²) in [6.45, 7) is 1.95. The molecular weight excluding hydrogens is 284 g/mol. The van der Waals surface area contributed by atoms with E-state index in [4.69, 9.17) is 0 Å². The van der Waals surface area contributed by atoms with Crippen LogP contribution in [0.4, 0.5) is 5.82 Å². The van der Waals surface area contributed by atoms with Gasteiger partial charge in [0.25, 0.3) is 5.56 Å². The second kappa shape index (κ2) is 5.18. The summed E-state index contributed by atoms with van der Waals surface area (Å²) in [6.07, 6.45) is 3.77. The maximum atomic E-state index is 11.5. The van der Waals surface area contributed by atoms with Gasteiger partial charge in [-0.2, -0.15) is 0 Å². The van der Waals surface area contributed by atoms with E-state index in [1.165, 1.54) is 6.33 Å². The summed E-state index contributed by atoms with van der Waals surface area (Å²) in [7, 11) is 4.13. The van der Waals surface area contributed by atoms with Gasteiger partial charge in [0, 0.05) is 19.1 Å². The summed E-state index contributed by atoms with van der Waals surface area (Å²) in [6, 6.07) is 0.440. The molecule has 17 heavy (non-hydrogen) atoms. The molecule has 2 heterocycles. The van der Waals surface area contributed by atoms with Crippen LogP contribution in [-0.2, 0) is 0 Å². The third kappa shape index (κ3) is 2.69. The van der Waals surface area contributed by atoms with Crippen LogP contribution in [0.3, 0.4) is 0 Å². The number of aromatic nitrogens is 2. The van der Waals surface area contributed by atoms with Crippen LogP contribution in [0.2, 0.25) is 0 Å². The maximum absolute atomic E-state index is 11.5. The van der Waals surface area contributed by atoms with Crippen molar-refractivity contribution in [3.63, 3.8) is 0 Å². The summed E-state index contributed by atoms with van der Waals surface area (Å²) in [5.74, 6) is 0.762. The minimum atomic E-state index is -0.120. The van der Waals surface area contributed by atoms with Crippen LogP contribution in [0.5, 0.6) is 0 Å². The van der Waals surface area contributed by atoms with E-state index < -0.39 is 0 Å². The Balaban J connectivity index is 2.26. The summed E-state index contributed by atoms with van der Waals surface area (Å²) in [5, 5.41) is 0. The number of likely N-dealkylation sites (N-methyl/N-ethyl adjacent to an activating group) is 1. The van der Waals surface area contributed by atoms with E-state index in [1.807, 2.05) is 0 Å². The summed E-state index contributed by atoms with van der Waals surface area (Å²) >= 11 is 3.32. The highest BCUT2D eigenvalue weighted by Gasteiger charge is 2.27. The Labute approximate surface area is 109 Å². The smallest absolute Gasteiger partial charge is 0.267 e. The first-order valence-electron chi connectivity index (χ1n) is 5.74. The Morgan fingerprint density at radius 3 is 3.12 bits per heavy atom. The van der Waals surface area contributed by atoms with E-state index in [-0.39, 0.29) is 5.56 Å². The SMILES string of the molecule is CN(C)CC1CCCN1c1nc[nH]c(=O)c1Br. The molecule has 1 unspecified atom stereocenters. The van der Waals surface area contributed by atoms with Crippen molar-refractivity contribution in [3.8, 4) is 0 Å². The molecule has 0 aromatic carbocycles. The van der Waals surface area contributed by atoms with Crippen molar-refractivity contribution < 1.29 is 0 Å². The van der Waals surface area contributed by atoms with Crippen LogP contribution in [0, 0.1) is 0 Å². The Kier molecular flexibility index (Phi) is 3.83. The predicted molar refractivity (Wildman–Crippen MR) is 71.5 cm³/mol. The number of nitrogens with one attached hydrogen (secondary N) is 1. The average molecular weight is 301 g/mol. The van der Waals surface area contributed by atoms with Crippen molar-refractivity contribution >= 4 is 21.7 Å². The van der Waals surface area contributed by atoms with Gasteiger partial charge in [0.1, 0.15) is 4.47 Å². The highest BCUT2D eigenvalue weighted by Crippen LogP contribution is 2.27. The molecule has 0 amide bonds. The van der Waals surface area contributed by atoms with Crippen molar-refractivity contribution in [2.75, 3.05) is 32.1 Å². The molecule has 1 N–H and O–H groups in total. The first-order valence-corrected chi connectivity index (χ1v) is 6.53. The summed E-state index contributed by atoms with van der Waals surface area (Å²) < 4.78 is 0.533. The zero-order valence-electron chi connectivity index (χ0n) is 10.1. The Bertz CT molecular complexity index is 445. The van der Waals surface area contributed by atoms with E-state index >= 15 is 0 Å². The van der Waals surface area contributed by atoms with Gasteiger partial charge in [0.05, 0.1) is 6.33 Å². The minimum Gasteiger partial charge on any atom is -0.351 e. The van der Waals surface area contributed by atoms with E-state index in [0.29, 0.717) is 10.5 Å². The van der Waals surface area contributed by atoms with Gasteiger partial charge in [-0.05, 0) is 42.9 Å². The first kappa shape index (κ1) is 12.6. The monoisotopic (exact) mass is 300 g/mol. The van der Waals surface area contributed by atoms with Gasteiger partial charge in [-0.25, -0.2) is 4.98 Å². The molecule has 1 atom stereocenters. The van der Waals surface area contributed by atoms with Crippen LogP contribution in [0.25, 0.3) is 0 Å². The van der Waals surface area contributed by atoms with Crippen molar-refractivity contribution in [2.45, 2.75) is 18.9 Å². The molecule has 6 heteroatoms. The third-order valence-electron chi connectivity index (χ3n) is 3.00. The molecule has 1 fully saturated rings. The second-order valence-corrected chi connectivity index (χ2v) is 5.41. The topological polar surface area (TPSA) is 52.2 Å². The molecule has 0 bridgehead atoms. The molecule has 2 rings (SSSR count). The Morgan fingerprint density at radius 1 is 1.65 bits per heavy atom. The number of nitrogens with zero attached hydrogens (tertiary/aromatic N) is 3. The normalized spacial score (nSPS) is 20.2. The molecule has 1 aliphatic rings. The van der Waals surface area contributed by atoms with Gasteiger partial charge in [0.15, 0.2) is 5.82 Å². The zero-order chi connectivity index (χ0) is 12.4. The molecular formula is C11H17BrN4O. The molecule has 0 saturated carbocycles. The standard InChI is InChI=1S/C11H17BrN4O/c1-15(2)6-8-4-3-5-16(8)10-9(12)11(17)14-7-13-10/h7-8H,3-6H2,1-2H3,(H,13,14,17). The molecule has 1 saturated heterocycles. The number of aromatic amines is 1. The molecule has 5 nitrogen and oxygen atoms in total. The molecule has 0 radical (unpaired) electrons. The largest absolute Gasteiger partial charge is 0.351 e. The van der Waals surface area contributed by atoms with Crippen LogP contribution in [0.1, 0.15) is 12.8 Å². The quantitative estimate of drug-likeness (QED) is 0.907. The van der Waals surface area contributed by atoms with Crippen LogP contribution in [0.15, 0.2) is 15.6 Å². The van der Waals surface area contributed by atoms with Gasteiger partial charge in [-0.3, -0.25) is 4.79 Å². The number of halogens is 1. The van der Waals surface area contributed by atoms with Crippen LogP contribution >= 0.6 is 15.9 Å². The molecule has 0 aliphatic carbocycles. The van der Waals surface area contributed by atoms with Crippen molar-refractivity contribution in [1.82, 2.24) is 14.9 Å². The fourth-order valence-electron chi connectivity index (χ4n) is 2.30. The minimum absolute atomic E-state index is 0.120. The second-order valence-electron chi connectivity index (χ2n) is 4.62. The lowest BCUT2D eigenvalue weighted by Gasteiger charge is -2.28. The summed E-state index contributed by atoms with van der Waals surface area (Å²) in [5.41, 5.74) is -0.120.